The predicted octanol–water partition coefficient (Wildman–Crippen LogP) is 1.49. The van der Waals surface area contributed by atoms with Gasteiger partial charge in [-0.05, 0) is 38.7 Å². The Kier molecular flexibility index (Phi) is 2.26. The van der Waals surface area contributed by atoms with Crippen LogP contribution in [-0.2, 0) is 5.60 Å². The van der Waals surface area contributed by atoms with E-state index < -0.39 is 5.60 Å². The van der Waals surface area contributed by atoms with Gasteiger partial charge in [-0.25, -0.2) is 0 Å². The minimum Gasteiger partial charge on any atom is -0.385 e. The van der Waals surface area contributed by atoms with E-state index in [9.17, 15) is 5.11 Å². The standard InChI is InChI=1S/C13H18N2O/c1-9-2-3-10(8-14-9)13(16)6-11-4-5-12(7-13)15-11/h2-3,8,11-12,15-16H,4-7H2,1H3. The Labute approximate surface area is 95.9 Å². The molecular weight excluding hydrogens is 200 g/mol. The highest BCUT2D eigenvalue weighted by Gasteiger charge is 2.43. The summed E-state index contributed by atoms with van der Waals surface area (Å²) in [5.74, 6) is 0. The molecule has 2 aliphatic rings. The molecule has 2 saturated heterocycles. The molecule has 3 heteroatoms. The molecule has 2 aliphatic heterocycles. The fourth-order valence-electron chi connectivity index (χ4n) is 3.10. The molecule has 0 radical (unpaired) electrons. The Balaban J connectivity index is 1.90. The quantitative estimate of drug-likeness (QED) is 0.750. The molecule has 3 heterocycles. The van der Waals surface area contributed by atoms with Crippen molar-refractivity contribution in [3.8, 4) is 0 Å². The van der Waals surface area contributed by atoms with Crippen molar-refractivity contribution < 1.29 is 5.11 Å². The number of aliphatic hydroxyl groups is 1. The Morgan fingerprint density at radius 1 is 1.31 bits per heavy atom. The minimum atomic E-state index is -0.655. The first-order valence-electron chi connectivity index (χ1n) is 6.07. The fraction of sp³-hybridized carbons (Fsp3) is 0.615. The van der Waals surface area contributed by atoms with E-state index in [-0.39, 0.29) is 0 Å². The van der Waals surface area contributed by atoms with Crippen molar-refractivity contribution in [3.05, 3.63) is 29.6 Å². The van der Waals surface area contributed by atoms with E-state index in [1.165, 1.54) is 12.8 Å². The summed E-state index contributed by atoms with van der Waals surface area (Å²) >= 11 is 0. The van der Waals surface area contributed by atoms with Crippen molar-refractivity contribution in [2.75, 3.05) is 0 Å². The van der Waals surface area contributed by atoms with Gasteiger partial charge in [-0.3, -0.25) is 4.98 Å². The van der Waals surface area contributed by atoms with Crippen LogP contribution < -0.4 is 5.32 Å². The van der Waals surface area contributed by atoms with Crippen LogP contribution >= 0.6 is 0 Å². The van der Waals surface area contributed by atoms with Gasteiger partial charge in [-0.2, -0.15) is 0 Å². The molecule has 0 saturated carbocycles. The van der Waals surface area contributed by atoms with E-state index in [0.29, 0.717) is 12.1 Å². The molecule has 16 heavy (non-hydrogen) atoms. The van der Waals surface area contributed by atoms with Gasteiger partial charge < -0.3 is 10.4 Å². The summed E-state index contributed by atoms with van der Waals surface area (Å²) in [4.78, 5) is 4.29. The number of nitrogens with one attached hydrogen (secondary N) is 1. The molecule has 1 aromatic heterocycles. The third-order valence-electron chi connectivity index (χ3n) is 3.95. The molecule has 2 fully saturated rings. The highest BCUT2D eigenvalue weighted by Crippen LogP contribution is 2.40. The van der Waals surface area contributed by atoms with E-state index in [1.807, 2.05) is 25.3 Å². The summed E-state index contributed by atoms with van der Waals surface area (Å²) < 4.78 is 0. The van der Waals surface area contributed by atoms with E-state index in [1.54, 1.807) is 0 Å². The van der Waals surface area contributed by atoms with Crippen LogP contribution in [0, 0.1) is 6.92 Å². The van der Waals surface area contributed by atoms with Crippen LogP contribution in [-0.4, -0.2) is 22.2 Å². The lowest BCUT2D eigenvalue weighted by molar-refractivity contribution is -0.0117. The maximum absolute atomic E-state index is 10.7. The molecule has 0 aromatic carbocycles. The second kappa shape index (κ2) is 3.54. The summed E-state index contributed by atoms with van der Waals surface area (Å²) in [6, 6.07) is 4.99. The van der Waals surface area contributed by atoms with Crippen LogP contribution in [0.1, 0.15) is 36.9 Å². The van der Waals surface area contributed by atoms with Gasteiger partial charge in [-0.1, -0.05) is 6.07 Å². The lowest BCUT2D eigenvalue weighted by Gasteiger charge is -2.37. The third-order valence-corrected chi connectivity index (χ3v) is 3.95. The molecule has 3 rings (SSSR count). The Hall–Kier alpha value is -0.930. The van der Waals surface area contributed by atoms with Gasteiger partial charge >= 0.3 is 0 Å². The molecule has 2 unspecified atom stereocenters. The molecule has 1 aromatic rings. The molecule has 2 atom stereocenters. The van der Waals surface area contributed by atoms with Gasteiger partial charge in [0.2, 0.25) is 0 Å². The first-order chi connectivity index (χ1) is 7.66. The van der Waals surface area contributed by atoms with Crippen LogP contribution in [0.25, 0.3) is 0 Å². The largest absolute Gasteiger partial charge is 0.385 e. The monoisotopic (exact) mass is 218 g/mol. The average molecular weight is 218 g/mol. The van der Waals surface area contributed by atoms with E-state index >= 15 is 0 Å². The lowest BCUT2D eigenvalue weighted by atomic mass is 9.82. The minimum absolute atomic E-state index is 0.491. The van der Waals surface area contributed by atoms with Crippen molar-refractivity contribution in [2.45, 2.75) is 50.3 Å². The number of hydrogen-bond acceptors (Lipinski definition) is 3. The number of pyridine rings is 1. The van der Waals surface area contributed by atoms with E-state index in [4.69, 9.17) is 0 Å². The summed E-state index contributed by atoms with van der Waals surface area (Å²) in [6.07, 6.45) is 5.89. The van der Waals surface area contributed by atoms with Gasteiger partial charge in [0.15, 0.2) is 0 Å². The molecule has 2 bridgehead atoms. The number of aryl methyl sites for hydroxylation is 1. The van der Waals surface area contributed by atoms with Crippen LogP contribution in [0.15, 0.2) is 18.3 Å². The zero-order valence-electron chi connectivity index (χ0n) is 9.61. The third kappa shape index (κ3) is 1.64. The highest BCUT2D eigenvalue weighted by atomic mass is 16.3. The number of aromatic nitrogens is 1. The molecule has 0 spiro atoms. The Bertz CT molecular complexity index is 375. The van der Waals surface area contributed by atoms with Crippen LogP contribution in [0.3, 0.4) is 0 Å². The molecule has 0 aliphatic carbocycles. The number of fused-ring (bicyclic) bond motifs is 2. The van der Waals surface area contributed by atoms with Crippen molar-refractivity contribution in [1.82, 2.24) is 10.3 Å². The Morgan fingerprint density at radius 2 is 2.00 bits per heavy atom. The van der Waals surface area contributed by atoms with E-state index in [2.05, 4.69) is 10.3 Å². The zero-order chi connectivity index (χ0) is 11.2. The summed E-state index contributed by atoms with van der Waals surface area (Å²) in [7, 11) is 0. The normalized spacial score (nSPS) is 37.6. The highest BCUT2D eigenvalue weighted by molar-refractivity contribution is 5.23. The summed E-state index contributed by atoms with van der Waals surface area (Å²) in [6.45, 7) is 1.97. The smallest absolute Gasteiger partial charge is 0.0941 e. The molecule has 3 nitrogen and oxygen atoms in total. The second-order valence-corrected chi connectivity index (χ2v) is 5.27. The summed E-state index contributed by atoms with van der Waals surface area (Å²) in [5, 5.41) is 14.3. The fourth-order valence-corrected chi connectivity index (χ4v) is 3.10. The van der Waals surface area contributed by atoms with Gasteiger partial charge in [-0.15, -0.1) is 0 Å². The maximum Gasteiger partial charge on any atom is 0.0941 e. The maximum atomic E-state index is 10.7. The van der Waals surface area contributed by atoms with Gasteiger partial charge in [0.05, 0.1) is 5.60 Å². The molecule has 0 amide bonds. The number of hydrogen-bond donors (Lipinski definition) is 2. The molecule has 86 valence electrons. The second-order valence-electron chi connectivity index (χ2n) is 5.27. The van der Waals surface area contributed by atoms with Crippen molar-refractivity contribution in [1.29, 1.82) is 0 Å². The summed E-state index contributed by atoms with van der Waals surface area (Å²) in [5.41, 5.74) is 1.33. The van der Waals surface area contributed by atoms with Crippen molar-refractivity contribution in [3.63, 3.8) is 0 Å². The molecular formula is C13H18N2O. The van der Waals surface area contributed by atoms with Crippen LogP contribution in [0.4, 0.5) is 0 Å². The van der Waals surface area contributed by atoms with Crippen molar-refractivity contribution in [2.24, 2.45) is 0 Å². The van der Waals surface area contributed by atoms with Crippen LogP contribution in [0.2, 0.25) is 0 Å². The van der Waals surface area contributed by atoms with Gasteiger partial charge in [0, 0.05) is 29.5 Å². The van der Waals surface area contributed by atoms with Gasteiger partial charge in [0.25, 0.3) is 0 Å². The SMILES string of the molecule is Cc1ccc(C2(O)CC3CCC(C2)N3)cn1. The average Bonchev–Trinajstić information content (AvgIpc) is 2.59. The Morgan fingerprint density at radius 3 is 2.56 bits per heavy atom. The topological polar surface area (TPSA) is 45.1 Å². The number of rotatable bonds is 1. The van der Waals surface area contributed by atoms with Crippen LogP contribution in [0.5, 0.6) is 0 Å². The van der Waals surface area contributed by atoms with Crippen molar-refractivity contribution >= 4 is 0 Å². The first-order valence-corrected chi connectivity index (χ1v) is 6.07. The number of piperidine rings is 1. The number of nitrogens with zero attached hydrogens (tertiary/aromatic N) is 1. The first kappa shape index (κ1) is 10.2. The lowest BCUT2D eigenvalue weighted by Crippen LogP contribution is -2.46. The zero-order valence-corrected chi connectivity index (χ0v) is 9.61. The van der Waals surface area contributed by atoms with E-state index in [0.717, 1.165) is 24.1 Å². The van der Waals surface area contributed by atoms with Gasteiger partial charge in [0.1, 0.15) is 0 Å². The predicted molar refractivity (Wildman–Crippen MR) is 62.1 cm³/mol. The molecule has 2 N–H and O–H groups in total.